The van der Waals surface area contributed by atoms with Crippen LogP contribution in [0.25, 0.3) is 0 Å². The Bertz CT molecular complexity index is 788. The molecule has 0 spiro atoms. The first-order valence-corrected chi connectivity index (χ1v) is 10.2. The number of ether oxygens (including phenoxy) is 1. The van der Waals surface area contributed by atoms with Crippen LogP contribution in [0.15, 0.2) is 48.5 Å². The number of amides is 2. The standard InChI is InChI=1S/C21H24N2O3S/c1-15-5-9-19(10-6-15)26-11-12-27-14-20(24)22-18-4-2-3-16(13-18)21(25)23-17-7-8-17/h2-6,9-10,13,17H,7-8,11-12,14H2,1H3,(H,22,24)(H,23,25). The van der Waals surface area contributed by atoms with Gasteiger partial charge in [-0.25, -0.2) is 0 Å². The predicted molar refractivity (Wildman–Crippen MR) is 110 cm³/mol. The van der Waals surface area contributed by atoms with Gasteiger partial charge < -0.3 is 15.4 Å². The number of benzene rings is 2. The van der Waals surface area contributed by atoms with Crippen molar-refractivity contribution in [1.82, 2.24) is 5.32 Å². The molecule has 1 aliphatic carbocycles. The van der Waals surface area contributed by atoms with Gasteiger partial charge in [-0.1, -0.05) is 23.8 Å². The number of hydrogen-bond acceptors (Lipinski definition) is 4. The van der Waals surface area contributed by atoms with Crippen LogP contribution in [0.1, 0.15) is 28.8 Å². The summed E-state index contributed by atoms with van der Waals surface area (Å²) < 4.78 is 5.64. The molecular weight excluding hydrogens is 360 g/mol. The van der Waals surface area contributed by atoms with Crippen LogP contribution in [-0.2, 0) is 4.79 Å². The molecule has 3 rings (SSSR count). The van der Waals surface area contributed by atoms with Crippen LogP contribution in [0.4, 0.5) is 5.69 Å². The van der Waals surface area contributed by atoms with Crippen LogP contribution >= 0.6 is 11.8 Å². The number of rotatable bonds is 9. The summed E-state index contributed by atoms with van der Waals surface area (Å²) in [7, 11) is 0. The Kier molecular flexibility index (Phi) is 6.76. The van der Waals surface area contributed by atoms with Crippen molar-refractivity contribution < 1.29 is 14.3 Å². The van der Waals surface area contributed by atoms with E-state index >= 15 is 0 Å². The zero-order valence-electron chi connectivity index (χ0n) is 15.4. The van der Waals surface area contributed by atoms with Gasteiger partial charge in [-0.05, 0) is 50.1 Å². The molecule has 0 atom stereocenters. The lowest BCUT2D eigenvalue weighted by Crippen LogP contribution is -2.25. The van der Waals surface area contributed by atoms with Crippen molar-refractivity contribution in [2.75, 3.05) is 23.4 Å². The highest BCUT2D eigenvalue weighted by Gasteiger charge is 2.23. The third kappa shape index (κ3) is 6.64. The Hall–Kier alpha value is -2.47. The molecule has 6 heteroatoms. The van der Waals surface area contributed by atoms with Crippen LogP contribution < -0.4 is 15.4 Å². The maximum absolute atomic E-state index is 12.1. The summed E-state index contributed by atoms with van der Waals surface area (Å²) in [6, 6.07) is 15.2. The van der Waals surface area contributed by atoms with E-state index in [4.69, 9.17) is 4.74 Å². The van der Waals surface area contributed by atoms with Gasteiger partial charge in [-0.2, -0.15) is 0 Å². The van der Waals surface area contributed by atoms with E-state index in [2.05, 4.69) is 10.6 Å². The fourth-order valence-corrected chi connectivity index (χ4v) is 3.05. The number of anilines is 1. The highest BCUT2D eigenvalue weighted by atomic mass is 32.2. The largest absolute Gasteiger partial charge is 0.493 e. The predicted octanol–water partition coefficient (Wildman–Crippen LogP) is 3.64. The number of carbonyl (C=O) groups is 2. The van der Waals surface area contributed by atoms with E-state index in [0.29, 0.717) is 29.7 Å². The molecular formula is C21H24N2O3S. The van der Waals surface area contributed by atoms with Crippen LogP contribution in [0.3, 0.4) is 0 Å². The summed E-state index contributed by atoms with van der Waals surface area (Å²) in [4.78, 5) is 24.1. The zero-order chi connectivity index (χ0) is 19.1. The molecule has 0 aliphatic heterocycles. The van der Waals surface area contributed by atoms with Crippen molar-refractivity contribution >= 4 is 29.3 Å². The third-order valence-electron chi connectivity index (χ3n) is 4.07. The summed E-state index contributed by atoms with van der Waals surface area (Å²) in [5.74, 6) is 1.74. The molecule has 0 aromatic heterocycles. The molecule has 0 unspecified atom stereocenters. The molecule has 0 radical (unpaired) electrons. The zero-order valence-corrected chi connectivity index (χ0v) is 16.2. The number of aryl methyl sites for hydroxylation is 1. The van der Waals surface area contributed by atoms with E-state index in [-0.39, 0.29) is 11.8 Å². The number of carbonyl (C=O) groups excluding carboxylic acids is 2. The number of hydrogen-bond donors (Lipinski definition) is 2. The molecule has 142 valence electrons. The maximum atomic E-state index is 12.1. The Morgan fingerprint density at radius 1 is 1.15 bits per heavy atom. The topological polar surface area (TPSA) is 67.4 Å². The minimum Gasteiger partial charge on any atom is -0.493 e. The lowest BCUT2D eigenvalue weighted by Gasteiger charge is -2.08. The number of thioether (sulfide) groups is 1. The van der Waals surface area contributed by atoms with Crippen molar-refractivity contribution in [3.05, 3.63) is 59.7 Å². The van der Waals surface area contributed by atoms with Crippen molar-refractivity contribution in [2.45, 2.75) is 25.8 Å². The average Bonchev–Trinajstić information content (AvgIpc) is 3.47. The van der Waals surface area contributed by atoms with Gasteiger partial charge in [0.05, 0.1) is 12.4 Å². The van der Waals surface area contributed by atoms with E-state index in [9.17, 15) is 9.59 Å². The molecule has 0 saturated heterocycles. The Labute approximate surface area is 163 Å². The smallest absolute Gasteiger partial charge is 0.251 e. The van der Waals surface area contributed by atoms with Crippen molar-refractivity contribution in [2.24, 2.45) is 0 Å². The minimum absolute atomic E-state index is 0.0868. The second-order valence-corrected chi connectivity index (χ2v) is 7.70. The van der Waals surface area contributed by atoms with Crippen LogP contribution in [0.2, 0.25) is 0 Å². The molecule has 2 amide bonds. The van der Waals surface area contributed by atoms with E-state index < -0.39 is 0 Å². The van der Waals surface area contributed by atoms with Gasteiger partial charge in [0.25, 0.3) is 5.91 Å². The fraction of sp³-hybridized carbons (Fsp3) is 0.333. The van der Waals surface area contributed by atoms with E-state index in [0.717, 1.165) is 24.3 Å². The second-order valence-electron chi connectivity index (χ2n) is 6.59. The van der Waals surface area contributed by atoms with Crippen LogP contribution in [-0.4, -0.2) is 36.0 Å². The first-order valence-electron chi connectivity index (χ1n) is 9.08. The van der Waals surface area contributed by atoms with Gasteiger partial charge in [-0.15, -0.1) is 11.8 Å². The SMILES string of the molecule is Cc1ccc(OCCSCC(=O)Nc2cccc(C(=O)NC3CC3)c2)cc1. The molecule has 1 saturated carbocycles. The Morgan fingerprint density at radius 2 is 1.93 bits per heavy atom. The van der Waals surface area contributed by atoms with E-state index in [1.54, 1.807) is 24.3 Å². The van der Waals surface area contributed by atoms with Crippen molar-refractivity contribution in [1.29, 1.82) is 0 Å². The molecule has 5 nitrogen and oxygen atoms in total. The lowest BCUT2D eigenvalue weighted by molar-refractivity contribution is -0.113. The first-order chi connectivity index (χ1) is 13.1. The van der Waals surface area contributed by atoms with E-state index in [1.165, 1.54) is 17.3 Å². The summed E-state index contributed by atoms with van der Waals surface area (Å²) in [6.07, 6.45) is 2.10. The lowest BCUT2D eigenvalue weighted by atomic mass is 10.2. The maximum Gasteiger partial charge on any atom is 0.251 e. The van der Waals surface area contributed by atoms with Crippen LogP contribution in [0.5, 0.6) is 5.75 Å². The Morgan fingerprint density at radius 3 is 2.67 bits per heavy atom. The summed E-state index contributed by atoms with van der Waals surface area (Å²) in [5, 5.41) is 5.79. The van der Waals surface area contributed by atoms with Gasteiger partial charge in [-0.3, -0.25) is 9.59 Å². The fourth-order valence-electron chi connectivity index (χ4n) is 2.45. The summed E-state index contributed by atoms with van der Waals surface area (Å²) in [6.45, 7) is 2.59. The van der Waals surface area contributed by atoms with E-state index in [1.807, 2.05) is 31.2 Å². The van der Waals surface area contributed by atoms with Crippen molar-refractivity contribution in [3.63, 3.8) is 0 Å². The molecule has 1 fully saturated rings. The number of nitrogens with one attached hydrogen (secondary N) is 2. The van der Waals surface area contributed by atoms with Crippen molar-refractivity contribution in [3.8, 4) is 5.75 Å². The second kappa shape index (κ2) is 9.46. The van der Waals surface area contributed by atoms with Gasteiger partial charge in [0.2, 0.25) is 5.91 Å². The monoisotopic (exact) mass is 384 g/mol. The molecule has 0 heterocycles. The third-order valence-corrected chi connectivity index (χ3v) is 4.99. The first kappa shape index (κ1) is 19.3. The minimum atomic E-state index is -0.0879. The van der Waals surface area contributed by atoms with Gasteiger partial charge in [0.15, 0.2) is 0 Å². The summed E-state index contributed by atoms with van der Waals surface area (Å²) in [5.41, 5.74) is 2.40. The molecule has 1 aliphatic rings. The van der Waals surface area contributed by atoms with Crippen LogP contribution in [0, 0.1) is 6.92 Å². The highest BCUT2D eigenvalue weighted by Crippen LogP contribution is 2.20. The van der Waals surface area contributed by atoms with Gasteiger partial charge >= 0.3 is 0 Å². The average molecular weight is 385 g/mol. The normalized spacial score (nSPS) is 13.1. The molecule has 27 heavy (non-hydrogen) atoms. The van der Waals surface area contributed by atoms with Gasteiger partial charge in [0.1, 0.15) is 5.75 Å². The highest BCUT2D eigenvalue weighted by molar-refractivity contribution is 7.99. The molecule has 2 aromatic rings. The summed E-state index contributed by atoms with van der Waals surface area (Å²) >= 11 is 1.51. The molecule has 2 aromatic carbocycles. The Balaban J connectivity index is 1.36. The molecule has 0 bridgehead atoms. The molecule has 2 N–H and O–H groups in total. The quantitative estimate of drug-likeness (QED) is 0.648. The van der Waals surface area contributed by atoms with Gasteiger partial charge in [0, 0.05) is 23.0 Å².